The lowest BCUT2D eigenvalue weighted by molar-refractivity contribution is 0.103. The standard InChI is InChI=1S/C21H20.C20H18.C18H26OSi2.C16H20Si.C15H14O.C14H14O2S.C14H14O.C14H14S.7CH4/c1-15-4-8-18(9-5-15)20-12-17(3)13-21(14-20)19-10-6-16(2)7-11-19;1-15-6-10-17(11-7-15)19-4-3-5-20(14-19)18-12-8-16(2)9-13-18;1-15-7-11-17(12-8-15)20(3,4)19-21(5,6)18-13-9-16(2)10-14-18;1-13-5-9-15(10-6-13)17(3,4)16-11-7-14(2)8-12-16;1-11-3-7-13(8-4-11)15(16)14-9-5-12(2)6-10-14;1-11-3-7-13(8-4-11)17(15,16)14-9-5-12(2)6-10-14;2*1-11-3-7-13(8-4-11)15-14-9-5-12(2)6-10-14;;;;;;;/h4-14H,1-3H3;3-14H,1-2H3;7-14H,1-6H3;5-12H,1-4H3;3-10H,1-2H3;3-10H,1-2H3;2*3-10H,1-2H3;7*1H4. The number of hydrogen-bond acceptors (Lipinski definition) is 6. The average molecular weight is 2070 g/mol. The molecule has 5 nitrogen and oxygen atoms in total. The second kappa shape index (κ2) is 60.7. The Kier molecular flexibility index (Phi) is 52.0. The lowest BCUT2D eigenvalue weighted by Gasteiger charge is -2.34. The van der Waals surface area contributed by atoms with Crippen molar-refractivity contribution in [3.63, 3.8) is 0 Å². The van der Waals surface area contributed by atoms with Crippen molar-refractivity contribution in [2.45, 2.75) is 229 Å². The molecule has 0 aliphatic carbocycles. The summed E-state index contributed by atoms with van der Waals surface area (Å²) in [5, 5.41) is 5.76. The van der Waals surface area contributed by atoms with Crippen LogP contribution in [0.4, 0.5) is 0 Å². The summed E-state index contributed by atoms with van der Waals surface area (Å²) in [4.78, 5) is 15.3. The molecule has 0 amide bonds. The molecule has 0 aromatic heterocycles. The molecule has 10 heteroatoms. The first kappa shape index (κ1) is 128. The number of rotatable bonds is 18. The van der Waals surface area contributed by atoms with Gasteiger partial charge in [-0.25, -0.2) is 8.42 Å². The van der Waals surface area contributed by atoms with E-state index >= 15 is 0 Å². The van der Waals surface area contributed by atoms with Gasteiger partial charge in [0.25, 0.3) is 0 Å². The quantitative estimate of drug-likeness (QED) is 0.0630. The zero-order valence-electron chi connectivity index (χ0n) is 87.3. The summed E-state index contributed by atoms with van der Waals surface area (Å²) in [6.45, 7) is 49.5. The fraction of sp³-hybridized carbons (Fsp3) is 0.216. The first-order valence-corrected chi connectivity index (χ1v) is 60.0. The van der Waals surface area contributed by atoms with Gasteiger partial charge in [0, 0.05) is 20.9 Å². The lowest BCUT2D eigenvalue weighted by atomic mass is 9.96. The minimum absolute atomic E-state index is 0. The van der Waals surface area contributed by atoms with Gasteiger partial charge < -0.3 is 8.85 Å². The summed E-state index contributed by atoms with van der Waals surface area (Å²) in [5.41, 5.74) is 33.0. The van der Waals surface area contributed by atoms with Gasteiger partial charge in [-0.3, -0.25) is 4.79 Å². The van der Waals surface area contributed by atoms with Crippen molar-refractivity contribution >= 4 is 72.8 Å². The highest BCUT2D eigenvalue weighted by molar-refractivity contribution is 7.99. The first-order chi connectivity index (χ1) is 67.7. The van der Waals surface area contributed by atoms with Crippen LogP contribution in [0.3, 0.4) is 0 Å². The summed E-state index contributed by atoms with van der Waals surface area (Å²) >= 11 is 1.80. The summed E-state index contributed by atoms with van der Waals surface area (Å²) in [5.74, 6) is 1.84. The Morgan fingerprint density at radius 2 is 0.403 bits per heavy atom. The molecule has 18 aromatic rings. The molecule has 149 heavy (non-hydrogen) atoms. The van der Waals surface area contributed by atoms with Crippen LogP contribution in [-0.2, 0) is 14.0 Å². The SMILES string of the molecule is C.C.C.C.C.C.C.Cc1ccc(-c2cc(C)cc(-c3ccc(C)cc3)c2)cc1.Cc1ccc(-c2cccc(-c3ccc(C)cc3)c2)cc1.Cc1ccc(C(=O)c2ccc(C)cc2)cc1.Cc1ccc(Oc2ccc(C)cc2)cc1.Cc1ccc(S(=O)(=O)c2ccc(C)cc2)cc1.Cc1ccc(Sc2ccc(C)cc2)cc1.Cc1ccc([Si](C)(C)O[Si](C)(C)c2ccc(C)cc2)cc1.Cc1ccc([Si](C)(C)c2ccc(C)cc2)cc1. The molecule has 0 atom stereocenters. The number of ether oxygens (including phenoxy) is 1. The average Bonchev–Trinajstić information content (AvgIpc) is 0.803. The number of ketones is 1. The van der Waals surface area contributed by atoms with E-state index in [0.29, 0.717) is 9.79 Å². The third kappa shape index (κ3) is 40.1. The molecule has 0 aliphatic rings. The van der Waals surface area contributed by atoms with Crippen LogP contribution in [0.5, 0.6) is 11.5 Å². The third-order valence-electron chi connectivity index (χ3n) is 24.9. The van der Waals surface area contributed by atoms with Gasteiger partial charge in [-0.1, -0.05) is 522 Å². The molecule has 0 unspecified atom stereocenters. The predicted molar refractivity (Wildman–Crippen MR) is 665 cm³/mol. The van der Waals surface area contributed by atoms with Gasteiger partial charge in [-0.15, -0.1) is 0 Å². The summed E-state index contributed by atoms with van der Waals surface area (Å²) in [7, 11) is -8.62. The highest BCUT2D eigenvalue weighted by Gasteiger charge is 2.36. The van der Waals surface area contributed by atoms with E-state index in [2.05, 4.69) is 414 Å². The maximum atomic E-state index is 12.3. The highest BCUT2D eigenvalue weighted by atomic mass is 32.2. The van der Waals surface area contributed by atoms with Gasteiger partial charge in [0.05, 0.1) is 9.79 Å². The molecule has 0 aliphatic heterocycles. The van der Waals surface area contributed by atoms with E-state index in [4.69, 9.17) is 8.85 Å². The van der Waals surface area contributed by atoms with Crippen molar-refractivity contribution < 1.29 is 22.1 Å². The zero-order valence-corrected chi connectivity index (χ0v) is 92.0. The fourth-order valence-corrected chi connectivity index (χ4v) is 28.0. The predicted octanol–water partition coefficient (Wildman–Crippen LogP) is 38.2. The molecule has 18 rings (SSSR count). The second-order valence-corrected chi connectivity index (χ2v) is 54.5. The Morgan fingerprint density at radius 3 is 0.651 bits per heavy atom. The maximum absolute atomic E-state index is 12.3. The molecular weight excluding hydrogens is 1900 g/mol. The minimum Gasteiger partial charge on any atom is -0.457 e. The first-order valence-electron chi connectivity index (χ1n) is 48.9. The van der Waals surface area contributed by atoms with Crippen LogP contribution in [-0.4, -0.2) is 38.9 Å². The molecule has 0 fully saturated rings. The molecule has 778 valence electrons. The largest absolute Gasteiger partial charge is 0.457 e. The van der Waals surface area contributed by atoms with Crippen molar-refractivity contribution in [3.8, 4) is 56.0 Å². The van der Waals surface area contributed by atoms with Gasteiger partial charge in [0.1, 0.15) is 19.6 Å². The smallest absolute Gasteiger partial charge is 0.206 e. The number of sulfone groups is 1. The zero-order chi connectivity index (χ0) is 102. The molecule has 0 saturated carbocycles. The number of carbonyl (C=O) groups is 1. The molecule has 0 radical (unpaired) electrons. The Labute approximate surface area is 908 Å². The van der Waals surface area contributed by atoms with E-state index in [-0.39, 0.29) is 57.8 Å². The van der Waals surface area contributed by atoms with Crippen LogP contribution >= 0.6 is 11.8 Å². The maximum Gasteiger partial charge on any atom is 0.206 e. The van der Waals surface area contributed by atoms with E-state index in [1.165, 1.54) is 158 Å². The fourth-order valence-electron chi connectivity index (χ4n) is 15.6. The Bertz CT molecular complexity index is 6610. The molecule has 0 N–H and O–H groups in total. The van der Waals surface area contributed by atoms with Crippen molar-refractivity contribution in [3.05, 3.63) is 536 Å². The van der Waals surface area contributed by atoms with Gasteiger partial charge in [0.15, 0.2) is 5.78 Å². The van der Waals surface area contributed by atoms with E-state index in [1.54, 1.807) is 60.3 Å². The molecule has 0 saturated heterocycles. The molecular formula is C139H168O5S2Si3. The third-order valence-corrected chi connectivity index (χ3v) is 38.8. The van der Waals surface area contributed by atoms with Crippen LogP contribution in [0.15, 0.2) is 450 Å². The van der Waals surface area contributed by atoms with Crippen LogP contribution < -0.4 is 25.5 Å². The van der Waals surface area contributed by atoms with Crippen LogP contribution in [0.25, 0.3) is 44.5 Å². The Morgan fingerprint density at radius 1 is 0.208 bits per heavy atom. The van der Waals surface area contributed by atoms with Gasteiger partial charge in [0.2, 0.25) is 26.5 Å². The number of carbonyl (C=O) groups excluding carboxylic acids is 1. The summed E-state index contributed by atoms with van der Waals surface area (Å²) in [6.07, 6.45) is 0. The second-order valence-electron chi connectivity index (χ2n) is 39.0. The Balaban J connectivity index is 0.000000353. The van der Waals surface area contributed by atoms with Crippen LogP contribution in [0.2, 0.25) is 39.3 Å². The number of benzene rings is 18. The van der Waals surface area contributed by atoms with Gasteiger partial charge in [-0.2, -0.15) is 0 Å². The monoisotopic (exact) mass is 2070 g/mol. The van der Waals surface area contributed by atoms with Crippen molar-refractivity contribution in [1.82, 2.24) is 0 Å². The van der Waals surface area contributed by atoms with E-state index in [0.717, 1.165) is 33.8 Å². The normalized spacial score (nSPS) is 10.4. The topological polar surface area (TPSA) is 69.7 Å². The van der Waals surface area contributed by atoms with E-state index < -0.39 is 34.5 Å². The number of aryl methyl sites for hydroxylation is 17. The van der Waals surface area contributed by atoms with Gasteiger partial charge in [-0.05, 0) is 289 Å². The van der Waals surface area contributed by atoms with Crippen LogP contribution in [0.1, 0.15) is 162 Å². The molecule has 0 bridgehead atoms. The Hall–Kier alpha value is -13.7. The molecule has 0 heterocycles. The molecule has 18 aromatic carbocycles. The molecule has 0 spiro atoms. The lowest BCUT2D eigenvalue weighted by Crippen LogP contribution is -2.57. The summed E-state index contributed by atoms with van der Waals surface area (Å²) in [6, 6.07) is 149. The van der Waals surface area contributed by atoms with Crippen molar-refractivity contribution in [2.75, 3.05) is 0 Å². The van der Waals surface area contributed by atoms with Crippen molar-refractivity contribution in [1.29, 1.82) is 0 Å². The van der Waals surface area contributed by atoms with Crippen LogP contribution in [0, 0.1) is 118 Å². The van der Waals surface area contributed by atoms with E-state index in [1.807, 2.05) is 125 Å². The minimum atomic E-state index is -3.37. The van der Waals surface area contributed by atoms with E-state index in [9.17, 15) is 13.2 Å². The van der Waals surface area contributed by atoms with Gasteiger partial charge >= 0.3 is 0 Å². The highest BCUT2D eigenvalue weighted by Crippen LogP contribution is 2.33. The summed E-state index contributed by atoms with van der Waals surface area (Å²) < 4.78 is 37.0. The van der Waals surface area contributed by atoms with Crippen molar-refractivity contribution in [2.24, 2.45) is 0 Å². The number of hydrogen-bond donors (Lipinski definition) is 0.